The maximum Gasteiger partial charge on any atom is 0.171 e. The number of carbonyl (C=O) groups excluding carboxylic acids is 1. The van der Waals surface area contributed by atoms with Crippen LogP contribution < -0.4 is 0 Å². The number of hydrogen-bond donors (Lipinski definition) is 0. The second kappa shape index (κ2) is 5.40. The quantitative estimate of drug-likeness (QED) is 0.725. The second-order valence-electron chi connectivity index (χ2n) is 5.17. The summed E-state index contributed by atoms with van der Waals surface area (Å²) in [6.45, 7) is 7.80. The predicted octanol–water partition coefficient (Wildman–Crippen LogP) is 1.38. The highest BCUT2D eigenvalue weighted by atomic mass is 16.1. The Morgan fingerprint density at radius 2 is 2.41 bits per heavy atom. The lowest BCUT2D eigenvalue weighted by Crippen LogP contribution is -2.24. The Morgan fingerprint density at radius 3 is 3.06 bits per heavy atom. The summed E-state index contributed by atoms with van der Waals surface area (Å²) in [4.78, 5) is 13.0. The summed E-state index contributed by atoms with van der Waals surface area (Å²) in [6, 6.07) is 0.378. The summed E-state index contributed by atoms with van der Waals surface area (Å²) in [5.74, 6) is 0.752. The first-order chi connectivity index (χ1) is 8.19. The fraction of sp³-hybridized carbons (Fsp3) is 0.750. The van der Waals surface area contributed by atoms with Gasteiger partial charge in [0.1, 0.15) is 5.69 Å². The molecular formula is C12H20N4O. The van der Waals surface area contributed by atoms with E-state index in [1.54, 1.807) is 6.20 Å². The Labute approximate surface area is 102 Å². The van der Waals surface area contributed by atoms with Crippen LogP contribution in [-0.2, 0) is 0 Å². The van der Waals surface area contributed by atoms with Gasteiger partial charge in [-0.05, 0) is 25.3 Å². The lowest BCUT2D eigenvalue weighted by molar-refractivity contribution is 0.111. The number of nitrogens with zero attached hydrogens (tertiary/aromatic N) is 4. The molecule has 17 heavy (non-hydrogen) atoms. The van der Waals surface area contributed by atoms with Crippen molar-refractivity contribution in [2.45, 2.75) is 32.7 Å². The number of rotatable bonds is 5. The lowest BCUT2D eigenvalue weighted by atomic mass is 10.1. The van der Waals surface area contributed by atoms with Crippen LogP contribution in [0.5, 0.6) is 0 Å². The van der Waals surface area contributed by atoms with Crippen LogP contribution >= 0.6 is 0 Å². The Bertz CT molecular complexity index is 374. The minimum Gasteiger partial charge on any atom is -0.301 e. The second-order valence-corrected chi connectivity index (χ2v) is 5.17. The van der Waals surface area contributed by atoms with E-state index in [1.807, 2.05) is 4.68 Å². The molecule has 0 N–H and O–H groups in total. The molecule has 1 aliphatic rings. The molecule has 0 bridgehead atoms. The van der Waals surface area contributed by atoms with E-state index in [2.05, 4.69) is 29.1 Å². The normalized spacial score (nSPS) is 21.2. The zero-order valence-corrected chi connectivity index (χ0v) is 10.5. The maximum absolute atomic E-state index is 10.6. The van der Waals surface area contributed by atoms with E-state index in [-0.39, 0.29) is 0 Å². The van der Waals surface area contributed by atoms with Crippen molar-refractivity contribution in [1.29, 1.82) is 0 Å². The molecule has 1 saturated heterocycles. The fourth-order valence-electron chi connectivity index (χ4n) is 2.19. The third kappa shape index (κ3) is 3.12. The van der Waals surface area contributed by atoms with Gasteiger partial charge in [-0.3, -0.25) is 4.79 Å². The van der Waals surface area contributed by atoms with Crippen LogP contribution in [0.4, 0.5) is 0 Å². The van der Waals surface area contributed by atoms with E-state index in [1.165, 1.54) is 6.42 Å². The highest BCUT2D eigenvalue weighted by Crippen LogP contribution is 2.21. The van der Waals surface area contributed by atoms with E-state index >= 15 is 0 Å². The number of hydrogen-bond acceptors (Lipinski definition) is 4. The Balaban J connectivity index is 1.86. The molecule has 2 heterocycles. The molecule has 94 valence electrons. The molecule has 1 aliphatic heterocycles. The van der Waals surface area contributed by atoms with Crippen molar-refractivity contribution < 1.29 is 4.79 Å². The first-order valence-corrected chi connectivity index (χ1v) is 6.28. The first-order valence-electron chi connectivity index (χ1n) is 6.28. The molecule has 1 aromatic heterocycles. The van der Waals surface area contributed by atoms with E-state index in [0.717, 1.165) is 38.3 Å². The zero-order chi connectivity index (χ0) is 12.3. The van der Waals surface area contributed by atoms with Crippen LogP contribution in [0.3, 0.4) is 0 Å². The molecule has 0 amide bonds. The molecule has 1 aromatic rings. The smallest absolute Gasteiger partial charge is 0.171 e. The Morgan fingerprint density at radius 1 is 1.59 bits per heavy atom. The predicted molar refractivity (Wildman–Crippen MR) is 65.0 cm³/mol. The van der Waals surface area contributed by atoms with Crippen molar-refractivity contribution in [3.05, 3.63) is 11.9 Å². The molecule has 0 unspecified atom stereocenters. The molecule has 5 heteroatoms. The topological polar surface area (TPSA) is 51.0 Å². The largest absolute Gasteiger partial charge is 0.301 e. The maximum atomic E-state index is 10.6. The highest BCUT2D eigenvalue weighted by molar-refractivity contribution is 5.70. The van der Waals surface area contributed by atoms with Gasteiger partial charge in [0.25, 0.3) is 0 Å². The standard InChI is InChI=1S/C12H20N4O/c1-10(2)3-5-15-6-4-12(8-15)16-7-11(9-17)13-14-16/h7,9-10,12H,3-6,8H2,1-2H3/t12-/m1/s1. The van der Waals surface area contributed by atoms with Crippen molar-refractivity contribution in [1.82, 2.24) is 19.9 Å². The summed E-state index contributed by atoms with van der Waals surface area (Å²) in [5, 5.41) is 7.81. The number of aldehydes is 1. The summed E-state index contributed by atoms with van der Waals surface area (Å²) < 4.78 is 1.83. The van der Waals surface area contributed by atoms with Gasteiger partial charge in [-0.2, -0.15) is 0 Å². The monoisotopic (exact) mass is 236 g/mol. The van der Waals surface area contributed by atoms with Crippen molar-refractivity contribution in [3.8, 4) is 0 Å². The van der Waals surface area contributed by atoms with Crippen LogP contribution in [0.1, 0.15) is 43.2 Å². The van der Waals surface area contributed by atoms with Gasteiger partial charge in [0.15, 0.2) is 6.29 Å². The molecule has 2 rings (SSSR count). The van der Waals surface area contributed by atoms with Crippen LogP contribution in [0, 0.1) is 5.92 Å². The van der Waals surface area contributed by atoms with Gasteiger partial charge in [-0.1, -0.05) is 19.1 Å². The van der Waals surface area contributed by atoms with Crippen molar-refractivity contribution in [2.24, 2.45) is 5.92 Å². The molecule has 5 nitrogen and oxygen atoms in total. The van der Waals surface area contributed by atoms with Gasteiger partial charge in [-0.15, -0.1) is 5.10 Å². The molecular weight excluding hydrogens is 216 g/mol. The average molecular weight is 236 g/mol. The van der Waals surface area contributed by atoms with Crippen LogP contribution in [0.25, 0.3) is 0 Å². The molecule has 0 spiro atoms. The third-order valence-corrected chi connectivity index (χ3v) is 3.29. The molecule has 1 atom stereocenters. The van der Waals surface area contributed by atoms with E-state index < -0.39 is 0 Å². The van der Waals surface area contributed by atoms with Crippen LogP contribution in [-0.4, -0.2) is 45.8 Å². The van der Waals surface area contributed by atoms with Crippen LogP contribution in [0.2, 0.25) is 0 Å². The summed E-state index contributed by atoms with van der Waals surface area (Å²) in [6.07, 6.45) is 4.82. The Kier molecular flexibility index (Phi) is 3.89. The number of likely N-dealkylation sites (tertiary alicyclic amines) is 1. The van der Waals surface area contributed by atoms with Crippen molar-refractivity contribution >= 4 is 6.29 Å². The first kappa shape index (κ1) is 12.2. The van der Waals surface area contributed by atoms with E-state index in [4.69, 9.17) is 0 Å². The zero-order valence-electron chi connectivity index (χ0n) is 10.5. The van der Waals surface area contributed by atoms with E-state index in [0.29, 0.717) is 11.7 Å². The number of carbonyl (C=O) groups is 1. The van der Waals surface area contributed by atoms with E-state index in [9.17, 15) is 4.79 Å². The highest BCUT2D eigenvalue weighted by Gasteiger charge is 2.24. The number of aromatic nitrogens is 3. The summed E-state index contributed by atoms with van der Waals surface area (Å²) >= 11 is 0. The third-order valence-electron chi connectivity index (χ3n) is 3.29. The lowest BCUT2D eigenvalue weighted by Gasteiger charge is -2.16. The van der Waals surface area contributed by atoms with Gasteiger partial charge in [0.2, 0.25) is 0 Å². The Hall–Kier alpha value is -1.23. The van der Waals surface area contributed by atoms with Crippen LogP contribution in [0.15, 0.2) is 6.20 Å². The van der Waals surface area contributed by atoms with Gasteiger partial charge >= 0.3 is 0 Å². The molecule has 0 saturated carbocycles. The van der Waals surface area contributed by atoms with Gasteiger partial charge in [0.05, 0.1) is 12.2 Å². The summed E-state index contributed by atoms with van der Waals surface area (Å²) in [5.41, 5.74) is 0.422. The molecule has 0 aliphatic carbocycles. The molecule has 0 aromatic carbocycles. The van der Waals surface area contributed by atoms with Crippen molar-refractivity contribution in [3.63, 3.8) is 0 Å². The molecule has 0 radical (unpaired) electrons. The summed E-state index contributed by atoms with van der Waals surface area (Å²) in [7, 11) is 0. The minimum absolute atomic E-state index is 0.378. The van der Waals surface area contributed by atoms with Crippen molar-refractivity contribution in [2.75, 3.05) is 19.6 Å². The fourth-order valence-corrected chi connectivity index (χ4v) is 2.19. The van der Waals surface area contributed by atoms with Gasteiger partial charge in [-0.25, -0.2) is 4.68 Å². The minimum atomic E-state index is 0.378. The molecule has 1 fully saturated rings. The van der Waals surface area contributed by atoms with Gasteiger partial charge < -0.3 is 4.90 Å². The SMILES string of the molecule is CC(C)CCN1CC[C@@H](n2cc(C=O)nn2)C1. The average Bonchev–Trinajstić information content (AvgIpc) is 2.94. The van der Waals surface area contributed by atoms with Gasteiger partial charge in [0, 0.05) is 13.1 Å².